The van der Waals surface area contributed by atoms with Gasteiger partial charge in [0.15, 0.2) is 0 Å². The molecule has 1 aromatic heterocycles. The molecule has 2 aromatic carbocycles. The van der Waals surface area contributed by atoms with Crippen molar-refractivity contribution >= 4 is 45.6 Å². The summed E-state index contributed by atoms with van der Waals surface area (Å²) in [7, 11) is 0. The Balaban J connectivity index is 1.34. The number of nitrogens with zero attached hydrogens (tertiary/aromatic N) is 3. The van der Waals surface area contributed by atoms with Crippen LogP contribution in [0.25, 0.3) is 10.9 Å². The normalized spacial score (nSPS) is 21.1. The van der Waals surface area contributed by atoms with Gasteiger partial charge in [-0.3, -0.25) is 9.69 Å². The van der Waals surface area contributed by atoms with E-state index in [9.17, 15) is 9.18 Å². The first kappa shape index (κ1) is 29.2. The second-order valence-electron chi connectivity index (χ2n) is 10.2. The molecule has 2 aliphatic heterocycles. The van der Waals surface area contributed by atoms with Crippen molar-refractivity contribution in [1.82, 2.24) is 14.9 Å². The number of likely N-dealkylation sites (tertiary alicyclic amines) is 1. The maximum Gasteiger partial charge on any atom is 0.248 e. The fraction of sp³-hybridized carbons (Fsp3) is 0.414. The molecule has 1 amide bonds. The van der Waals surface area contributed by atoms with Crippen LogP contribution in [0, 0.1) is 11.7 Å². The number of amides is 1. The summed E-state index contributed by atoms with van der Waals surface area (Å²) < 4.78 is 31.0. The maximum atomic E-state index is 13.7. The molecule has 218 valence electrons. The van der Waals surface area contributed by atoms with E-state index in [1.165, 1.54) is 24.5 Å². The summed E-state index contributed by atoms with van der Waals surface area (Å²) in [5.41, 5.74) is 1.61. The Morgan fingerprint density at radius 3 is 2.95 bits per heavy atom. The van der Waals surface area contributed by atoms with Crippen molar-refractivity contribution in [3.05, 3.63) is 59.7 Å². The van der Waals surface area contributed by atoms with Crippen molar-refractivity contribution in [3.63, 3.8) is 0 Å². The third-order valence-corrected chi connectivity index (χ3v) is 7.32. The summed E-state index contributed by atoms with van der Waals surface area (Å²) in [6, 6.07) is 7.81. The Hall–Kier alpha value is -3.35. The highest BCUT2D eigenvalue weighted by Gasteiger charge is 2.29. The summed E-state index contributed by atoms with van der Waals surface area (Å²) >= 11 is 5.95. The zero-order chi connectivity index (χ0) is 28.8. The molecule has 3 unspecified atom stereocenters. The Morgan fingerprint density at radius 2 is 2.17 bits per heavy atom. The fourth-order valence-corrected chi connectivity index (χ4v) is 5.14. The molecule has 0 bridgehead atoms. The first-order chi connectivity index (χ1) is 19.9. The van der Waals surface area contributed by atoms with Crippen molar-refractivity contribution < 1.29 is 28.5 Å². The summed E-state index contributed by atoms with van der Waals surface area (Å²) in [4.78, 5) is 23.9. The number of hydrogen-bond acceptors (Lipinski definition) is 9. The molecule has 3 atom stereocenters. The summed E-state index contributed by atoms with van der Waals surface area (Å²) in [5.74, 6) is 0.446. The van der Waals surface area contributed by atoms with Gasteiger partial charge in [-0.2, -0.15) is 0 Å². The summed E-state index contributed by atoms with van der Waals surface area (Å²) in [5, 5.41) is 15.7. The van der Waals surface area contributed by atoms with Crippen molar-refractivity contribution in [2.75, 3.05) is 56.7 Å². The van der Waals surface area contributed by atoms with Gasteiger partial charge in [0.05, 0.1) is 48.8 Å². The maximum absolute atomic E-state index is 13.7. The first-order valence-corrected chi connectivity index (χ1v) is 13.9. The quantitative estimate of drug-likeness (QED) is 0.285. The van der Waals surface area contributed by atoms with Crippen LogP contribution in [0.5, 0.6) is 5.75 Å². The molecule has 5 rings (SSSR count). The lowest BCUT2D eigenvalue weighted by Crippen LogP contribution is -2.25. The zero-order valence-corrected chi connectivity index (χ0v) is 23.4. The molecular weight excluding hydrogens is 553 g/mol. The number of anilines is 3. The van der Waals surface area contributed by atoms with E-state index in [4.69, 9.17) is 30.9 Å². The highest BCUT2D eigenvalue weighted by Crippen LogP contribution is 2.35. The predicted octanol–water partition coefficient (Wildman–Crippen LogP) is 4.16. The van der Waals surface area contributed by atoms with Gasteiger partial charge in [-0.15, -0.1) is 0 Å². The monoisotopic (exact) mass is 585 g/mol. The number of carbonyl (C=O) groups is 1. The van der Waals surface area contributed by atoms with E-state index >= 15 is 0 Å². The van der Waals surface area contributed by atoms with Gasteiger partial charge >= 0.3 is 0 Å². The number of aliphatic hydroxyl groups is 1. The highest BCUT2D eigenvalue weighted by molar-refractivity contribution is 6.31. The molecule has 0 saturated carbocycles. The average molecular weight is 586 g/mol. The predicted molar refractivity (Wildman–Crippen MR) is 154 cm³/mol. The van der Waals surface area contributed by atoms with Gasteiger partial charge in [0.1, 0.15) is 29.8 Å². The van der Waals surface area contributed by atoms with E-state index in [0.29, 0.717) is 66.1 Å². The minimum absolute atomic E-state index is 0.00179. The largest absolute Gasteiger partial charge is 0.486 e. The van der Waals surface area contributed by atoms with Crippen molar-refractivity contribution in [2.45, 2.75) is 25.6 Å². The second-order valence-corrected chi connectivity index (χ2v) is 10.6. The minimum atomic E-state index is -0.519. The van der Waals surface area contributed by atoms with Crippen LogP contribution >= 0.6 is 11.6 Å². The lowest BCUT2D eigenvalue weighted by molar-refractivity contribution is -0.111. The molecule has 12 heteroatoms. The average Bonchev–Trinajstić information content (AvgIpc) is 3.59. The second kappa shape index (κ2) is 13.5. The number of ether oxygens (including phenoxy) is 3. The Kier molecular flexibility index (Phi) is 9.63. The molecule has 3 heterocycles. The molecule has 0 spiro atoms. The lowest BCUT2D eigenvalue weighted by Gasteiger charge is -2.18. The summed E-state index contributed by atoms with van der Waals surface area (Å²) in [6.45, 7) is 5.71. The fourth-order valence-electron chi connectivity index (χ4n) is 4.96. The Labute approximate surface area is 242 Å². The number of aromatic nitrogens is 2. The number of fused-ring (bicyclic) bond motifs is 1. The van der Waals surface area contributed by atoms with Crippen LogP contribution in [0.2, 0.25) is 5.02 Å². The van der Waals surface area contributed by atoms with Crippen LogP contribution in [0.1, 0.15) is 13.3 Å². The Bertz CT molecular complexity index is 1400. The van der Waals surface area contributed by atoms with Gasteiger partial charge in [0.25, 0.3) is 0 Å². The molecule has 2 fully saturated rings. The van der Waals surface area contributed by atoms with E-state index in [0.717, 1.165) is 19.5 Å². The number of rotatable bonds is 11. The SMILES string of the molecule is CC1CN(CC=CC(=O)Nc2cc3c(Nc4ccc(F)c(Cl)c4)ncnc3cc2OC2CCOC2)CC1OCCO. The number of nitrogens with one attached hydrogen (secondary N) is 2. The third-order valence-electron chi connectivity index (χ3n) is 7.03. The van der Waals surface area contributed by atoms with Gasteiger partial charge in [-0.25, -0.2) is 14.4 Å². The van der Waals surface area contributed by atoms with E-state index in [-0.39, 0.29) is 29.7 Å². The molecule has 2 aliphatic rings. The highest BCUT2D eigenvalue weighted by atomic mass is 35.5. The smallest absolute Gasteiger partial charge is 0.248 e. The van der Waals surface area contributed by atoms with Gasteiger partial charge in [0, 0.05) is 49.3 Å². The van der Waals surface area contributed by atoms with Crippen LogP contribution in [0.15, 0.2) is 48.8 Å². The molecule has 41 heavy (non-hydrogen) atoms. The number of hydrogen-bond donors (Lipinski definition) is 3. The molecule has 0 aliphatic carbocycles. The van der Waals surface area contributed by atoms with E-state index in [1.54, 1.807) is 18.2 Å². The van der Waals surface area contributed by atoms with Gasteiger partial charge in [-0.05, 0) is 30.2 Å². The van der Waals surface area contributed by atoms with Crippen LogP contribution in [-0.2, 0) is 14.3 Å². The molecule has 3 aromatic rings. The first-order valence-electron chi connectivity index (χ1n) is 13.6. The standard InChI is InChI=1S/C29H33ClFN5O5/c1-18-14-36(15-27(18)40-10-8-37)7-2-3-28(38)35-25-12-21-24(13-26(25)41-20-6-9-39-16-20)32-17-33-29(21)34-19-4-5-23(31)22(30)11-19/h2-5,11-13,17-18,20,27,37H,6-10,14-16H2,1H3,(H,35,38)(H,32,33,34). The zero-order valence-electron chi connectivity index (χ0n) is 22.7. The number of carbonyl (C=O) groups excluding carboxylic acids is 1. The van der Waals surface area contributed by atoms with Crippen molar-refractivity contribution in [2.24, 2.45) is 5.92 Å². The Morgan fingerprint density at radius 1 is 1.29 bits per heavy atom. The molecular formula is C29H33ClFN5O5. The van der Waals surface area contributed by atoms with E-state index in [1.807, 2.05) is 6.08 Å². The van der Waals surface area contributed by atoms with E-state index < -0.39 is 5.82 Å². The van der Waals surface area contributed by atoms with Crippen LogP contribution in [-0.4, -0.2) is 84.2 Å². The van der Waals surface area contributed by atoms with Crippen molar-refractivity contribution in [3.8, 4) is 5.75 Å². The van der Waals surface area contributed by atoms with Crippen LogP contribution in [0.3, 0.4) is 0 Å². The minimum Gasteiger partial charge on any atom is -0.486 e. The number of aliphatic hydroxyl groups excluding tert-OH is 1. The number of benzene rings is 2. The third kappa shape index (κ3) is 7.49. The summed E-state index contributed by atoms with van der Waals surface area (Å²) in [6.07, 6.45) is 5.40. The van der Waals surface area contributed by atoms with Gasteiger partial charge in [-0.1, -0.05) is 24.6 Å². The number of halogens is 2. The molecule has 10 nitrogen and oxygen atoms in total. The van der Waals surface area contributed by atoms with Crippen molar-refractivity contribution in [1.29, 1.82) is 0 Å². The van der Waals surface area contributed by atoms with Gasteiger partial charge < -0.3 is 30.0 Å². The van der Waals surface area contributed by atoms with Crippen LogP contribution in [0.4, 0.5) is 21.6 Å². The molecule has 2 saturated heterocycles. The van der Waals surface area contributed by atoms with Crippen LogP contribution < -0.4 is 15.4 Å². The lowest BCUT2D eigenvalue weighted by atomic mass is 10.1. The molecule has 3 N–H and O–H groups in total. The van der Waals surface area contributed by atoms with E-state index in [2.05, 4.69) is 32.4 Å². The molecule has 0 radical (unpaired) electrons. The van der Waals surface area contributed by atoms with Gasteiger partial charge in [0.2, 0.25) is 5.91 Å². The topological polar surface area (TPSA) is 118 Å².